The van der Waals surface area contributed by atoms with E-state index in [0.29, 0.717) is 6.42 Å². The molecule has 2 aromatic rings. The molecule has 3 aliphatic heterocycles. The summed E-state index contributed by atoms with van der Waals surface area (Å²) in [5.74, 6) is -4.97. The van der Waals surface area contributed by atoms with E-state index < -0.39 is 89.5 Å². The highest BCUT2D eigenvalue weighted by atomic mass is 16.8. The van der Waals surface area contributed by atoms with Gasteiger partial charge in [-0.1, -0.05) is 44.2 Å². The number of aromatic nitrogens is 1. The van der Waals surface area contributed by atoms with E-state index in [2.05, 4.69) is 10.3 Å². The lowest BCUT2D eigenvalue weighted by molar-refractivity contribution is -0.296. The van der Waals surface area contributed by atoms with Crippen LogP contribution in [-0.2, 0) is 42.8 Å². The summed E-state index contributed by atoms with van der Waals surface area (Å²) < 4.78 is 36.7. The first-order valence-corrected chi connectivity index (χ1v) is 19.6. The number of likely N-dealkylation sites (N-methyl/N-ethyl adjacent to an activating group) is 1. The number of ketones is 1. The molecule has 0 spiro atoms. The lowest BCUT2D eigenvalue weighted by atomic mass is 9.79. The highest BCUT2D eigenvalue weighted by Crippen LogP contribution is 2.40. The maximum atomic E-state index is 14.5. The van der Waals surface area contributed by atoms with Gasteiger partial charge in [-0.3, -0.25) is 19.4 Å². The highest BCUT2D eigenvalue weighted by molar-refractivity contribution is 6.00. The largest absolute Gasteiger partial charge is 0.509 e. The van der Waals surface area contributed by atoms with Gasteiger partial charge < -0.3 is 43.7 Å². The Kier molecular flexibility index (Phi) is 13.6. The standard InChI is InChI=1S/C42H59N3O11/c1-11-32-42(8)36(55-40(50)56-42)27(6)37(48)44-23(2)21-41(7,51-18-14-15-28-20-29-16-12-13-17-30(29)43-22-28)35(25(4)33(46)26(5)38(49)53-32)54-39-34(47)31(45(9)10)19-24(3)52-39/h12-17,20,22-27,31-32,34-36,39,47H,11,18-19,21H2,1-10H3,(H,44,48)/b15-14+/t23-,24-,25+,26-,27-,31+,32-,34-,35-,36+,39+,41-,42-/m1/s1. The number of ether oxygens (including phenoxy) is 6. The van der Waals surface area contributed by atoms with E-state index in [1.807, 2.05) is 68.4 Å². The number of para-hydroxylation sites is 1. The number of Topliss-reactive ketones (excluding diaryl/α,β-unsaturated/α-hetero) is 1. The predicted molar refractivity (Wildman–Crippen MR) is 207 cm³/mol. The van der Waals surface area contributed by atoms with Gasteiger partial charge in [0.1, 0.15) is 18.1 Å². The molecule has 0 radical (unpaired) electrons. The Morgan fingerprint density at radius 2 is 1.75 bits per heavy atom. The first kappa shape index (κ1) is 43.2. The van der Waals surface area contributed by atoms with Crippen LogP contribution in [0.1, 0.15) is 80.2 Å². The Balaban J connectivity index is 1.54. The number of amides is 1. The summed E-state index contributed by atoms with van der Waals surface area (Å²) in [7, 11) is 3.74. The van der Waals surface area contributed by atoms with Crippen LogP contribution in [0.5, 0.6) is 0 Å². The normalized spacial score (nSPS) is 37.7. The predicted octanol–water partition coefficient (Wildman–Crippen LogP) is 4.84. The zero-order chi connectivity index (χ0) is 41.1. The van der Waals surface area contributed by atoms with Crippen molar-refractivity contribution in [2.24, 2.45) is 17.8 Å². The van der Waals surface area contributed by atoms with Gasteiger partial charge in [0.05, 0.1) is 35.9 Å². The van der Waals surface area contributed by atoms with Crippen molar-refractivity contribution in [3.63, 3.8) is 0 Å². The Morgan fingerprint density at radius 3 is 2.45 bits per heavy atom. The van der Waals surface area contributed by atoms with Crippen molar-refractivity contribution in [2.45, 2.75) is 135 Å². The van der Waals surface area contributed by atoms with E-state index in [-0.39, 0.29) is 31.6 Å². The second-order valence-electron chi connectivity index (χ2n) is 16.3. The van der Waals surface area contributed by atoms with E-state index in [1.165, 1.54) is 6.92 Å². The number of cyclic esters (lactones) is 1. The van der Waals surface area contributed by atoms with Crippen LogP contribution in [0.25, 0.3) is 17.0 Å². The number of hydrogen-bond acceptors (Lipinski definition) is 13. The molecule has 3 fully saturated rings. The van der Waals surface area contributed by atoms with Crippen molar-refractivity contribution >= 4 is 40.8 Å². The van der Waals surface area contributed by atoms with Gasteiger partial charge in [0.25, 0.3) is 0 Å². The minimum absolute atomic E-state index is 0.0649. The molecule has 56 heavy (non-hydrogen) atoms. The summed E-state index contributed by atoms with van der Waals surface area (Å²) >= 11 is 0. The van der Waals surface area contributed by atoms with Gasteiger partial charge >= 0.3 is 12.1 Å². The molecule has 0 aliphatic carbocycles. The third-order valence-electron chi connectivity index (χ3n) is 11.6. The first-order chi connectivity index (χ1) is 26.4. The number of benzene rings is 1. The number of nitrogens with one attached hydrogen (secondary N) is 1. The fraction of sp³-hybridized carbons (Fsp3) is 0.643. The van der Waals surface area contributed by atoms with Crippen LogP contribution in [-0.4, -0.2) is 120 Å². The molecular formula is C42H59N3O11. The number of fused-ring (bicyclic) bond motifs is 2. The minimum atomic E-state index is -1.51. The summed E-state index contributed by atoms with van der Waals surface area (Å²) in [6.07, 6.45) is -0.366. The monoisotopic (exact) mass is 781 g/mol. The molecule has 1 aromatic carbocycles. The van der Waals surface area contributed by atoms with E-state index in [4.69, 9.17) is 28.4 Å². The van der Waals surface area contributed by atoms with Crippen molar-refractivity contribution in [1.82, 2.24) is 15.2 Å². The molecule has 0 saturated carbocycles. The van der Waals surface area contributed by atoms with Crippen molar-refractivity contribution in [2.75, 3.05) is 20.7 Å². The molecule has 1 aromatic heterocycles. The zero-order valence-corrected chi connectivity index (χ0v) is 34.2. The molecule has 5 rings (SSSR count). The Bertz CT molecular complexity index is 1770. The number of carbonyl (C=O) groups is 4. The van der Waals surface area contributed by atoms with Crippen molar-refractivity contribution in [3.05, 3.63) is 48.2 Å². The highest BCUT2D eigenvalue weighted by Gasteiger charge is 2.58. The van der Waals surface area contributed by atoms with Crippen molar-refractivity contribution < 1.29 is 52.7 Å². The summed E-state index contributed by atoms with van der Waals surface area (Å²) in [5.41, 5.74) is -1.12. The van der Waals surface area contributed by atoms with Gasteiger partial charge in [0.2, 0.25) is 5.91 Å². The van der Waals surface area contributed by atoms with Crippen LogP contribution < -0.4 is 5.32 Å². The zero-order valence-electron chi connectivity index (χ0n) is 34.2. The molecule has 4 heterocycles. The lowest BCUT2D eigenvalue weighted by Gasteiger charge is -2.47. The van der Waals surface area contributed by atoms with Crippen LogP contribution in [0.3, 0.4) is 0 Å². The average molecular weight is 782 g/mol. The number of nitrogens with zero attached hydrogens (tertiary/aromatic N) is 2. The van der Waals surface area contributed by atoms with E-state index in [9.17, 15) is 24.3 Å². The number of aliphatic hydroxyl groups excluding tert-OH is 1. The molecule has 2 N–H and O–H groups in total. The number of carbonyl (C=O) groups excluding carboxylic acids is 4. The third kappa shape index (κ3) is 9.26. The molecule has 0 bridgehead atoms. The van der Waals surface area contributed by atoms with Gasteiger partial charge in [-0.05, 0) is 92.6 Å². The molecule has 308 valence electrons. The van der Waals surface area contributed by atoms with Gasteiger partial charge in [0, 0.05) is 29.6 Å². The van der Waals surface area contributed by atoms with Crippen molar-refractivity contribution in [3.8, 4) is 0 Å². The van der Waals surface area contributed by atoms with Gasteiger partial charge in [0.15, 0.2) is 23.8 Å². The summed E-state index contributed by atoms with van der Waals surface area (Å²) in [6, 6.07) is 8.94. The fourth-order valence-corrected chi connectivity index (χ4v) is 8.46. The van der Waals surface area contributed by atoms with Crippen molar-refractivity contribution in [1.29, 1.82) is 0 Å². The molecule has 14 nitrogen and oxygen atoms in total. The van der Waals surface area contributed by atoms with Crippen LogP contribution in [0.4, 0.5) is 4.79 Å². The van der Waals surface area contributed by atoms with E-state index in [0.717, 1.165) is 16.5 Å². The maximum absolute atomic E-state index is 14.5. The second-order valence-corrected chi connectivity index (χ2v) is 16.3. The number of esters is 1. The second kappa shape index (κ2) is 17.7. The van der Waals surface area contributed by atoms with E-state index in [1.54, 1.807) is 47.7 Å². The van der Waals surface area contributed by atoms with E-state index >= 15 is 0 Å². The van der Waals surface area contributed by atoms with Crippen LogP contribution in [0.2, 0.25) is 0 Å². The molecule has 3 saturated heterocycles. The van der Waals surface area contributed by atoms with Crippen LogP contribution in [0, 0.1) is 17.8 Å². The molecule has 3 aliphatic rings. The molecule has 14 heteroatoms. The molecular weight excluding hydrogens is 722 g/mol. The summed E-state index contributed by atoms with van der Waals surface area (Å²) in [5, 5.41) is 15.6. The average Bonchev–Trinajstić information content (AvgIpc) is 3.47. The smallest absolute Gasteiger partial charge is 0.457 e. The Labute approximate surface area is 329 Å². The summed E-state index contributed by atoms with van der Waals surface area (Å²) in [6.45, 7) is 13.6. The van der Waals surface area contributed by atoms with Gasteiger partial charge in [-0.2, -0.15) is 0 Å². The molecule has 1 amide bonds. The number of rotatable bonds is 8. The minimum Gasteiger partial charge on any atom is -0.457 e. The molecule has 13 atom stereocenters. The van der Waals surface area contributed by atoms with Crippen LogP contribution in [0.15, 0.2) is 42.6 Å². The SMILES string of the molecule is CC[C@H]1OC(=O)[C@H](C)C(=O)[C@H](C)[C@@H](O[C@@H]2O[C@H](C)C[C@H](N(C)C)[C@H]2O)[C@](C)(OC/C=C/c2cnc3ccccc3c2)C[C@@H](C)NC(=O)[C@H](C)[C@@H]2OC(=O)O[C@]12C. The number of aliphatic hydroxyl groups is 1. The topological polar surface area (TPSA) is 172 Å². The third-order valence-corrected chi connectivity index (χ3v) is 11.6. The Morgan fingerprint density at radius 1 is 1.04 bits per heavy atom. The Hall–Kier alpha value is -3.95. The number of pyridine rings is 1. The quantitative estimate of drug-likeness (QED) is 0.276. The van der Waals surface area contributed by atoms with Gasteiger partial charge in [-0.15, -0.1) is 0 Å². The molecule has 0 unspecified atom stereocenters. The summed E-state index contributed by atoms with van der Waals surface area (Å²) in [4.78, 5) is 61.2. The maximum Gasteiger partial charge on any atom is 0.509 e. The number of hydrogen-bond donors (Lipinski definition) is 2. The lowest BCUT2D eigenvalue weighted by Crippen LogP contribution is -2.60. The first-order valence-electron chi connectivity index (χ1n) is 19.6. The van der Waals surface area contributed by atoms with Gasteiger partial charge in [-0.25, -0.2) is 4.79 Å². The fourth-order valence-electron chi connectivity index (χ4n) is 8.46. The van der Waals surface area contributed by atoms with Crippen LogP contribution >= 0.6 is 0 Å².